The first-order valence-corrected chi connectivity index (χ1v) is 35.4. The van der Waals surface area contributed by atoms with Crippen LogP contribution >= 0.6 is 0 Å². The van der Waals surface area contributed by atoms with E-state index in [1.807, 2.05) is 115 Å². The fraction of sp³-hybridized carbons (Fsp3) is 0.124. The first-order valence-electron chi connectivity index (χ1n) is 41.9. The van der Waals surface area contributed by atoms with Crippen LogP contribution in [-0.2, 0) is 16.2 Å². The van der Waals surface area contributed by atoms with Crippen molar-refractivity contribution in [2.45, 2.75) is 78.6 Å². The van der Waals surface area contributed by atoms with E-state index in [-0.39, 0.29) is 61.5 Å². The number of benzene rings is 14. The fourth-order valence-electron chi connectivity index (χ4n) is 16.4. The van der Waals surface area contributed by atoms with Gasteiger partial charge in [-0.15, -0.1) is 0 Å². The van der Waals surface area contributed by atoms with Gasteiger partial charge in [0.1, 0.15) is 11.6 Å². The number of anilines is 6. The van der Waals surface area contributed by atoms with Gasteiger partial charge in [-0.3, -0.25) is 0 Å². The van der Waals surface area contributed by atoms with Gasteiger partial charge in [0.2, 0.25) is 0 Å². The van der Waals surface area contributed by atoms with Gasteiger partial charge in [-0.1, -0.05) is 262 Å². The van der Waals surface area contributed by atoms with Crippen LogP contribution in [0.5, 0.6) is 0 Å². The Labute approximate surface area is 626 Å². The van der Waals surface area contributed by atoms with Crippen LogP contribution in [0.4, 0.5) is 34.1 Å². The van der Waals surface area contributed by atoms with E-state index in [1.54, 1.807) is 0 Å². The predicted molar refractivity (Wildman–Crippen MR) is 441 cm³/mol. The van der Waals surface area contributed by atoms with Crippen molar-refractivity contribution in [3.8, 4) is 56.5 Å². The monoisotopic (exact) mass is 1350 g/mol. The molecular weight excluding hydrogens is 1260 g/mol. The Morgan fingerprint density at radius 2 is 0.788 bits per heavy atom. The average molecular weight is 1350 g/mol. The van der Waals surface area contributed by atoms with Gasteiger partial charge >= 0.3 is 0 Å². The highest BCUT2D eigenvalue weighted by Crippen LogP contribution is 2.54. The van der Waals surface area contributed by atoms with Crippen LogP contribution in [0.15, 0.2) is 303 Å². The third kappa shape index (κ3) is 9.69. The number of hydrogen-bond acceptors (Lipinski definition) is 3. The molecule has 0 amide bonds. The summed E-state index contributed by atoms with van der Waals surface area (Å²) in [5.41, 5.74) is 17.3. The van der Waals surface area contributed by atoms with Gasteiger partial charge in [0.25, 0.3) is 6.71 Å². The molecule has 6 nitrogen and oxygen atoms in total. The highest BCUT2D eigenvalue weighted by molar-refractivity contribution is 7.00. The molecule has 19 rings (SSSR count). The average Bonchev–Trinajstić information content (AvgIpc) is 0.798. The van der Waals surface area contributed by atoms with E-state index < -0.39 is 78.6 Å². The minimum atomic E-state index is -0.792. The van der Waals surface area contributed by atoms with Gasteiger partial charge in [-0.25, -0.2) is 0 Å². The van der Waals surface area contributed by atoms with Crippen molar-refractivity contribution < 1.29 is 17.8 Å². The molecule has 2 aliphatic heterocycles. The fourth-order valence-corrected chi connectivity index (χ4v) is 16.4. The molecule has 498 valence electrons. The summed E-state index contributed by atoms with van der Waals surface area (Å²) < 4.78 is 128. The Morgan fingerprint density at radius 3 is 1.35 bits per heavy atom. The number of aromatic nitrogens is 3. The van der Waals surface area contributed by atoms with Gasteiger partial charge in [-0.05, 0) is 175 Å². The summed E-state index contributed by atoms with van der Waals surface area (Å²) in [5.74, 6) is 0. The highest BCUT2D eigenvalue weighted by atomic mass is 15.2. The third-order valence-corrected chi connectivity index (χ3v) is 21.4. The second-order valence-corrected chi connectivity index (χ2v) is 30.7. The van der Waals surface area contributed by atoms with Crippen molar-refractivity contribution >= 4 is 123 Å². The molecule has 104 heavy (non-hydrogen) atoms. The number of nitrogens with zero attached hydrogens (tertiary/aromatic N) is 6. The minimum absolute atomic E-state index is 0.00214. The van der Waals surface area contributed by atoms with Crippen LogP contribution in [0, 0.1) is 11.3 Å². The number of hydrogen-bond donors (Lipinski definition) is 0. The largest absolute Gasteiger partial charge is 0.310 e. The number of para-hydroxylation sites is 4. The Bertz CT molecular complexity index is 6990. The molecule has 0 saturated carbocycles. The Morgan fingerprint density at radius 1 is 0.317 bits per heavy atom. The maximum Gasteiger partial charge on any atom is 0.252 e. The summed E-state index contributed by atoms with van der Waals surface area (Å²) in [6, 6.07) is 73.2. The molecule has 0 radical (unpaired) electrons. The van der Waals surface area contributed by atoms with Crippen LogP contribution < -0.4 is 26.2 Å². The summed E-state index contributed by atoms with van der Waals surface area (Å²) in [6.45, 7) is 19.2. The molecule has 14 aromatic carbocycles. The Hall–Kier alpha value is -12.4. The molecule has 0 fully saturated rings. The summed E-state index contributed by atoms with van der Waals surface area (Å²) in [5, 5.41) is 16.5. The van der Waals surface area contributed by atoms with Gasteiger partial charge in [0.15, 0.2) is 0 Å². The molecule has 3 aromatic heterocycles. The third-order valence-electron chi connectivity index (χ3n) is 21.4. The van der Waals surface area contributed by atoms with Crippen LogP contribution in [0.25, 0.3) is 116 Å². The van der Waals surface area contributed by atoms with Crippen LogP contribution in [0.1, 0.15) is 102 Å². The molecule has 0 saturated heterocycles. The van der Waals surface area contributed by atoms with Crippen LogP contribution in [0.3, 0.4) is 0 Å². The topological polar surface area (TPSA) is 45.1 Å². The molecule has 0 unspecified atom stereocenters. The molecule has 17 aromatic rings. The lowest BCUT2D eigenvalue weighted by molar-refractivity contribution is 0.590. The van der Waals surface area contributed by atoms with Crippen molar-refractivity contribution in [2.24, 2.45) is 0 Å². The molecule has 0 aliphatic carbocycles. The molecule has 7 heteroatoms. The van der Waals surface area contributed by atoms with Gasteiger partial charge in [0, 0.05) is 71.9 Å². The number of nitriles is 1. The van der Waals surface area contributed by atoms with E-state index >= 15 is 0 Å². The molecule has 0 N–H and O–H groups in total. The quantitative estimate of drug-likeness (QED) is 0.142. The van der Waals surface area contributed by atoms with E-state index in [1.165, 1.54) is 4.57 Å². The zero-order valence-corrected chi connectivity index (χ0v) is 59.1. The maximum absolute atomic E-state index is 12.7. The summed E-state index contributed by atoms with van der Waals surface area (Å²) >= 11 is 0. The molecule has 0 bridgehead atoms. The van der Waals surface area contributed by atoms with E-state index in [4.69, 9.17) is 4.11 Å². The predicted octanol–water partition coefficient (Wildman–Crippen LogP) is 23.8. The van der Waals surface area contributed by atoms with Crippen molar-refractivity contribution in [3.05, 3.63) is 325 Å². The number of fused-ring (bicyclic) bond motifs is 13. The molecule has 0 spiro atoms. The number of rotatable bonds is 8. The van der Waals surface area contributed by atoms with E-state index in [0.29, 0.717) is 50.8 Å². The first-order chi connectivity index (χ1) is 55.9. The van der Waals surface area contributed by atoms with Crippen molar-refractivity contribution in [1.29, 1.82) is 5.26 Å². The normalized spacial score (nSPS) is 14.7. The zero-order chi connectivity index (χ0) is 82.0. The lowest BCUT2D eigenvalue weighted by Crippen LogP contribution is -2.61. The van der Waals surface area contributed by atoms with Gasteiger partial charge < -0.3 is 23.5 Å². The molecular formula is C97H77BN6. The van der Waals surface area contributed by atoms with Crippen LogP contribution in [-0.4, -0.2) is 20.4 Å². The Balaban J connectivity index is 1.04. The molecule has 2 aliphatic rings. The van der Waals surface area contributed by atoms with Gasteiger partial charge in [0.05, 0.1) is 73.7 Å². The van der Waals surface area contributed by atoms with Gasteiger partial charge in [-0.2, -0.15) is 5.26 Å². The second-order valence-electron chi connectivity index (χ2n) is 30.7. The SMILES string of the molecule is [2H]c1c([2H])c([2H])c(-c2ccc3c(c2)N(c2c(-c4ccccc4)cc(C(C)(C)C)cc2-c2ccccc2)c2cc(-n4c5ccc(C(C)(C)C)cc5c5cc(C(C)(C)C)ccc54)cc4c2B3c2ccc(-n3c5c([2H])c([2H])c([2H])c([2H])c5c5c([2H])c([2H])c([2H])c([2H])c53)cc2N4c2cccc(-n3c4ccccc4c4ccccc43)c2C#N)c([2H])c1[2H]. The Kier molecular flexibility index (Phi) is 11.2. The lowest BCUT2D eigenvalue weighted by atomic mass is 9.33. The summed E-state index contributed by atoms with van der Waals surface area (Å²) in [6.07, 6.45) is 0. The maximum atomic E-state index is 12.7. The molecule has 5 heterocycles. The van der Waals surface area contributed by atoms with Crippen molar-refractivity contribution in [3.63, 3.8) is 0 Å². The van der Waals surface area contributed by atoms with Crippen molar-refractivity contribution in [2.75, 3.05) is 9.80 Å². The van der Waals surface area contributed by atoms with E-state index in [0.717, 1.165) is 99.2 Å². The van der Waals surface area contributed by atoms with E-state index in [9.17, 15) is 19.0 Å². The van der Waals surface area contributed by atoms with Crippen LogP contribution in [0.2, 0.25) is 0 Å². The standard InChI is InChI=1S/C97H77BN6/c1-95(2,3)65-45-50-87-76(53-65)77-54-66(96(4,5)6)46-51-88(77)101(87)69-58-91-93-92(59-69)104(94-74(62-30-15-11-16-31-62)55-67(97(7,8)9)56-75(94)63-32-17-12-18-33-63)89-52-64(61-28-13-10-14-29-61)44-48-79(89)98(93)80-49-47-68(100-81-38-23-19-34-70(81)71-35-20-24-39-82(71)100)57-90(80)103(91)86-43-27-42-85(78(86)60-99)102-83-40-25-21-36-72(83)73-37-22-26-41-84(73)102/h10-59H,1-9H3/i10D,13D,14D,19D,20D,23D,24D,28D,29D,34D,35D,38D,39D. The molecule has 0 atom stereocenters. The summed E-state index contributed by atoms with van der Waals surface area (Å²) in [7, 11) is 0. The highest BCUT2D eigenvalue weighted by Gasteiger charge is 2.46. The lowest BCUT2D eigenvalue weighted by Gasteiger charge is -2.45. The zero-order valence-electron chi connectivity index (χ0n) is 72.1. The van der Waals surface area contributed by atoms with Crippen molar-refractivity contribution in [1.82, 2.24) is 13.7 Å². The second kappa shape index (κ2) is 23.3. The smallest absolute Gasteiger partial charge is 0.252 e. The van der Waals surface area contributed by atoms with E-state index in [2.05, 4.69) is 197 Å². The first kappa shape index (κ1) is 50.1. The summed E-state index contributed by atoms with van der Waals surface area (Å²) in [4.78, 5) is 4.46. The minimum Gasteiger partial charge on any atom is -0.310 e.